The third kappa shape index (κ3) is 10.6. The van der Waals surface area contributed by atoms with Crippen molar-refractivity contribution in [2.45, 2.75) is 86.2 Å². The summed E-state index contributed by atoms with van der Waals surface area (Å²) >= 11 is 0. The van der Waals surface area contributed by atoms with Crippen molar-refractivity contribution in [1.29, 1.82) is 0 Å². The monoisotopic (exact) mass is 635 g/mol. The zero-order valence-corrected chi connectivity index (χ0v) is 29.1. The molecule has 0 bridgehead atoms. The van der Waals surface area contributed by atoms with E-state index in [-0.39, 0.29) is 27.0 Å². The molecule has 0 heterocycles. The Morgan fingerprint density at radius 2 is 1.14 bits per heavy atom. The molecule has 0 aliphatic heterocycles. The molecule has 236 valence electrons. The lowest BCUT2D eigenvalue weighted by molar-refractivity contribution is 0.130. The van der Waals surface area contributed by atoms with Crippen molar-refractivity contribution in [3.05, 3.63) is 102 Å². The summed E-state index contributed by atoms with van der Waals surface area (Å²) in [6, 6.07) is 30.5. The molecule has 8 heteroatoms. The number of rotatable bonds is 7. The number of aryl methyl sites for hydroxylation is 2. The number of nitrogens with zero attached hydrogens (tertiary/aromatic N) is 1. The van der Waals surface area contributed by atoms with Crippen molar-refractivity contribution in [3.8, 4) is 11.5 Å². The molecule has 0 saturated carbocycles. The molecule has 4 aromatic carbocycles. The van der Waals surface area contributed by atoms with Gasteiger partial charge < -0.3 is 18.9 Å². The van der Waals surface area contributed by atoms with Gasteiger partial charge in [-0.3, -0.25) is 0 Å². The summed E-state index contributed by atoms with van der Waals surface area (Å²) in [7, 11) is -0.387. The van der Waals surface area contributed by atoms with Crippen LogP contribution in [-0.2, 0) is 21.0 Å². The highest BCUT2D eigenvalue weighted by Crippen LogP contribution is 2.35. The lowest BCUT2D eigenvalue weighted by Crippen LogP contribution is -2.23. The van der Waals surface area contributed by atoms with E-state index in [1.165, 1.54) is 26.4 Å². The van der Waals surface area contributed by atoms with Crippen LogP contribution in [-0.4, -0.2) is 38.3 Å². The van der Waals surface area contributed by atoms with Gasteiger partial charge in [0.15, 0.2) is 14.7 Å². The van der Waals surface area contributed by atoms with Crippen LogP contribution < -0.4 is 14.4 Å². The van der Waals surface area contributed by atoms with E-state index in [0.717, 1.165) is 17.1 Å². The lowest BCUT2D eigenvalue weighted by atomic mass is 10.2. The first-order valence-corrected chi connectivity index (χ1v) is 17.1. The van der Waals surface area contributed by atoms with Crippen LogP contribution in [0.15, 0.2) is 111 Å². The SMILES string of the molecule is CN(C)c1cccc([S+](c2ccc(OC(C)(C)C)cc2)c2ccc(OC(C)(C)C)cc2)c1.Cc1ccc(S(=O)(=O)[O-])c(C)c1. The highest BCUT2D eigenvalue weighted by atomic mass is 32.2. The van der Waals surface area contributed by atoms with Crippen LogP contribution in [0, 0.1) is 13.8 Å². The molecule has 0 unspecified atom stereocenters. The minimum absolute atomic E-state index is 0.131. The number of ether oxygens (including phenoxy) is 2. The third-order valence-electron chi connectivity index (χ3n) is 6.14. The van der Waals surface area contributed by atoms with Gasteiger partial charge in [-0.15, -0.1) is 0 Å². The molecule has 0 aromatic heterocycles. The molecule has 44 heavy (non-hydrogen) atoms. The van der Waals surface area contributed by atoms with Gasteiger partial charge in [-0.1, -0.05) is 23.8 Å². The average Bonchev–Trinajstić information content (AvgIpc) is 2.89. The minimum atomic E-state index is -4.30. The largest absolute Gasteiger partial charge is 0.744 e. The van der Waals surface area contributed by atoms with Gasteiger partial charge >= 0.3 is 0 Å². The second kappa shape index (κ2) is 14.1. The van der Waals surface area contributed by atoms with Gasteiger partial charge in [0, 0.05) is 25.8 Å². The first-order chi connectivity index (χ1) is 20.3. The fraction of sp³-hybridized carbons (Fsp3) is 0.333. The Morgan fingerprint density at radius 1 is 0.659 bits per heavy atom. The highest BCUT2D eigenvalue weighted by Gasteiger charge is 2.30. The number of hydrogen-bond acceptors (Lipinski definition) is 6. The molecular weight excluding hydrogens is 591 g/mol. The average molecular weight is 636 g/mol. The van der Waals surface area contributed by atoms with Crippen LogP contribution in [0.4, 0.5) is 5.69 Å². The minimum Gasteiger partial charge on any atom is -0.744 e. The maximum Gasteiger partial charge on any atom is 0.168 e. The Hall–Kier alpha value is -3.46. The normalized spacial score (nSPS) is 11.9. The standard InChI is InChI=1S/C28H36NO2S.C8H10O3S/c1-27(2,3)30-22-12-16-24(17-13-22)32(26-11-9-10-21(20-26)29(7)8)25-18-14-23(15-19-25)31-28(4,5)6;1-6-3-4-8(7(2)5-6)12(9,10)11/h9-20H,1-8H3;3-5H,1-2H3,(H,9,10,11)/q+1;/p-1. The summed E-state index contributed by atoms with van der Waals surface area (Å²) in [6.07, 6.45) is 0. The van der Waals surface area contributed by atoms with Crippen molar-refractivity contribution >= 4 is 26.7 Å². The predicted octanol–water partition coefficient (Wildman–Crippen LogP) is 8.41. The van der Waals surface area contributed by atoms with E-state index in [4.69, 9.17) is 9.47 Å². The molecule has 0 N–H and O–H groups in total. The number of anilines is 1. The first-order valence-electron chi connectivity index (χ1n) is 14.5. The van der Waals surface area contributed by atoms with Crippen LogP contribution in [0.2, 0.25) is 0 Å². The van der Waals surface area contributed by atoms with Gasteiger partial charge in [-0.25, -0.2) is 8.42 Å². The second-order valence-electron chi connectivity index (χ2n) is 12.8. The van der Waals surface area contributed by atoms with Crippen molar-refractivity contribution in [1.82, 2.24) is 0 Å². The van der Waals surface area contributed by atoms with Crippen LogP contribution >= 0.6 is 0 Å². The van der Waals surface area contributed by atoms with Crippen LogP contribution in [0.3, 0.4) is 0 Å². The van der Waals surface area contributed by atoms with Gasteiger partial charge in [-0.2, -0.15) is 0 Å². The van der Waals surface area contributed by atoms with Crippen molar-refractivity contribution in [3.63, 3.8) is 0 Å². The van der Waals surface area contributed by atoms with E-state index in [9.17, 15) is 13.0 Å². The van der Waals surface area contributed by atoms with E-state index >= 15 is 0 Å². The lowest BCUT2D eigenvalue weighted by Gasteiger charge is -2.21. The Bertz CT molecular complexity index is 1570. The third-order valence-corrected chi connectivity index (χ3v) is 9.35. The van der Waals surface area contributed by atoms with Crippen LogP contribution in [0.1, 0.15) is 52.7 Å². The molecule has 0 fully saturated rings. The fourth-order valence-electron chi connectivity index (χ4n) is 4.37. The quantitative estimate of drug-likeness (QED) is 0.150. The molecule has 0 spiro atoms. The summed E-state index contributed by atoms with van der Waals surface area (Å²) in [5, 5.41) is 0. The van der Waals surface area contributed by atoms with Crippen molar-refractivity contribution in [2.24, 2.45) is 0 Å². The molecule has 0 saturated heterocycles. The zero-order valence-electron chi connectivity index (χ0n) is 27.5. The van der Waals surface area contributed by atoms with Crippen LogP contribution in [0.5, 0.6) is 11.5 Å². The maximum absolute atomic E-state index is 10.6. The smallest absolute Gasteiger partial charge is 0.168 e. The molecule has 0 radical (unpaired) electrons. The molecule has 4 rings (SSSR count). The Balaban J connectivity index is 0.000000369. The molecule has 0 aliphatic rings. The zero-order chi connectivity index (χ0) is 32.9. The van der Waals surface area contributed by atoms with E-state index in [1.54, 1.807) is 19.1 Å². The maximum atomic E-state index is 10.6. The molecule has 6 nitrogen and oxygen atoms in total. The predicted molar refractivity (Wildman–Crippen MR) is 180 cm³/mol. The molecule has 0 atom stereocenters. The first kappa shape index (κ1) is 35.0. The van der Waals surface area contributed by atoms with Crippen molar-refractivity contribution in [2.75, 3.05) is 19.0 Å². The van der Waals surface area contributed by atoms with Gasteiger partial charge in [0.1, 0.15) is 32.8 Å². The second-order valence-corrected chi connectivity index (χ2v) is 16.2. The van der Waals surface area contributed by atoms with Gasteiger partial charge in [-0.05, 0) is 128 Å². The fourth-order valence-corrected chi connectivity index (χ4v) is 7.15. The van der Waals surface area contributed by atoms with E-state index < -0.39 is 10.1 Å². The molecular formula is C36H45NO5S2. The van der Waals surface area contributed by atoms with Gasteiger partial charge in [0.2, 0.25) is 0 Å². The van der Waals surface area contributed by atoms with E-state index in [2.05, 4.69) is 133 Å². The van der Waals surface area contributed by atoms with Gasteiger partial charge in [0.05, 0.1) is 15.8 Å². The van der Waals surface area contributed by atoms with Crippen LogP contribution in [0.25, 0.3) is 0 Å². The Morgan fingerprint density at radius 3 is 1.52 bits per heavy atom. The Labute approximate surface area is 267 Å². The summed E-state index contributed by atoms with van der Waals surface area (Å²) < 4.78 is 43.9. The summed E-state index contributed by atoms with van der Waals surface area (Å²) in [5.74, 6) is 1.78. The highest BCUT2D eigenvalue weighted by molar-refractivity contribution is 7.97. The summed E-state index contributed by atoms with van der Waals surface area (Å²) in [6.45, 7) is 15.9. The Kier molecular flexibility index (Phi) is 11.2. The summed E-state index contributed by atoms with van der Waals surface area (Å²) in [4.78, 5) is 5.81. The molecule has 4 aromatic rings. The number of hydrogen-bond donors (Lipinski definition) is 0. The van der Waals surface area contributed by atoms with E-state index in [0.29, 0.717) is 5.56 Å². The summed E-state index contributed by atoms with van der Waals surface area (Å²) in [5.41, 5.74) is 2.21. The molecule has 0 amide bonds. The topological polar surface area (TPSA) is 78.9 Å². The van der Waals surface area contributed by atoms with Gasteiger partial charge in [0.25, 0.3) is 0 Å². The van der Waals surface area contributed by atoms with Crippen molar-refractivity contribution < 1.29 is 22.4 Å². The van der Waals surface area contributed by atoms with E-state index in [1.807, 2.05) is 6.92 Å². The molecule has 0 aliphatic carbocycles. The number of benzene rings is 4.